The van der Waals surface area contributed by atoms with Crippen molar-refractivity contribution in [3.05, 3.63) is 53.9 Å². The largest absolute Gasteiger partial charge is 0.352 e. The summed E-state index contributed by atoms with van der Waals surface area (Å²) in [4.78, 5) is 12.9. The Labute approximate surface area is 213 Å². The molecule has 0 aliphatic heterocycles. The Bertz CT molecular complexity index is 1150. The number of fused-ring (bicyclic) bond motifs is 1. The first kappa shape index (κ1) is 24.4. The Kier molecular flexibility index (Phi) is 7.76. The van der Waals surface area contributed by atoms with Crippen LogP contribution in [0.2, 0.25) is 0 Å². The molecule has 5 rings (SSSR count). The maximum absolute atomic E-state index is 12.9. The Balaban J connectivity index is 1.33. The third-order valence-electron chi connectivity index (χ3n) is 8.29. The van der Waals surface area contributed by atoms with E-state index in [2.05, 4.69) is 76.4 Å². The van der Waals surface area contributed by atoms with Gasteiger partial charge < -0.3 is 9.88 Å². The second-order valence-corrected chi connectivity index (χ2v) is 11.5. The van der Waals surface area contributed by atoms with E-state index in [9.17, 15) is 4.79 Å². The summed E-state index contributed by atoms with van der Waals surface area (Å²) in [6.45, 7) is 4.59. The average Bonchev–Trinajstić information content (AvgIpc) is 3.28. The first-order chi connectivity index (χ1) is 17.1. The molecule has 1 aromatic heterocycles. The third-order valence-corrected chi connectivity index (χ3v) is 9.23. The maximum Gasteiger partial charge on any atom is 0.230 e. The highest BCUT2D eigenvalue weighted by Crippen LogP contribution is 2.34. The summed E-state index contributed by atoms with van der Waals surface area (Å²) in [5, 5.41) is 16.0. The smallest absolute Gasteiger partial charge is 0.230 e. The predicted octanol–water partition coefficient (Wildman–Crippen LogP) is 6.56. The maximum atomic E-state index is 12.9. The number of carbonyl (C=O) groups excluding carboxylic acids is 1. The molecular formula is C29H38N4OS. The van der Waals surface area contributed by atoms with Crippen LogP contribution in [0.25, 0.3) is 10.8 Å². The Morgan fingerprint density at radius 3 is 2.63 bits per heavy atom. The van der Waals surface area contributed by atoms with Crippen molar-refractivity contribution in [3.63, 3.8) is 0 Å². The summed E-state index contributed by atoms with van der Waals surface area (Å²) in [5.41, 5.74) is 1.28. The lowest BCUT2D eigenvalue weighted by Gasteiger charge is -2.34. The molecule has 186 valence electrons. The molecule has 3 atom stereocenters. The fourth-order valence-electron chi connectivity index (χ4n) is 6.01. The highest BCUT2D eigenvalue weighted by Gasteiger charge is 2.29. The molecular weight excluding hydrogens is 452 g/mol. The van der Waals surface area contributed by atoms with Crippen molar-refractivity contribution in [1.82, 2.24) is 20.1 Å². The molecule has 2 aliphatic rings. The molecule has 6 heteroatoms. The monoisotopic (exact) mass is 490 g/mol. The van der Waals surface area contributed by atoms with E-state index in [0.29, 0.717) is 29.7 Å². The third kappa shape index (κ3) is 5.58. The summed E-state index contributed by atoms with van der Waals surface area (Å²) >= 11 is 1.55. The van der Waals surface area contributed by atoms with Gasteiger partial charge in [-0.05, 0) is 47.4 Å². The first-order valence-electron chi connectivity index (χ1n) is 13.4. The molecule has 0 saturated heterocycles. The molecule has 2 saturated carbocycles. The van der Waals surface area contributed by atoms with Crippen molar-refractivity contribution in [1.29, 1.82) is 0 Å². The number of carbonyl (C=O) groups is 1. The predicted molar refractivity (Wildman–Crippen MR) is 144 cm³/mol. The van der Waals surface area contributed by atoms with Crippen LogP contribution < -0.4 is 5.32 Å². The van der Waals surface area contributed by atoms with E-state index in [0.717, 1.165) is 36.7 Å². The number of hydrogen-bond acceptors (Lipinski definition) is 4. The van der Waals surface area contributed by atoms with Crippen LogP contribution in [0.3, 0.4) is 0 Å². The zero-order chi connectivity index (χ0) is 24.2. The van der Waals surface area contributed by atoms with Crippen molar-refractivity contribution in [2.45, 2.75) is 88.9 Å². The molecule has 3 unspecified atom stereocenters. The van der Waals surface area contributed by atoms with Gasteiger partial charge in [0.25, 0.3) is 0 Å². The standard InChI is InChI=1S/C29H38N4OS/c1-20-10-8-17-26(21(20)2)30-28(34)19-35-29-32-31-27(33(29)24-14-4-3-5-15-24)18-23-13-9-12-22-11-6-7-16-25(22)23/h6-7,9,11-13,16,20-21,24,26H,3-5,8,10,14-15,17-19H2,1-2H3,(H,30,34). The summed E-state index contributed by atoms with van der Waals surface area (Å²) in [6, 6.07) is 15.8. The zero-order valence-corrected chi connectivity index (χ0v) is 21.9. The summed E-state index contributed by atoms with van der Waals surface area (Å²) in [6.07, 6.45) is 10.5. The van der Waals surface area contributed by atoms with Crippen LogP contribution in [0.1, 0.15) is 82.6 Å². The van der Waals surface area contributed by atoms with Crippen LogP contribution in [-0.2, 0) is 11.2 Å². The van der Waals surface area contributed by atoms with Crippen molar-refractivity contribution >= 4 is 28.4 Å². The Morgan fingerprint density at radius 1 is 0.971 bits per heavy atom. The zero-order valence-electron chi connectivity index (χ0n) is 21.1. The quantitative estimate of drug-likeness (QED) is 0.381. The summed E-state index contributed by atoms with van der Waals surface area (Å²) in [7, 11) is 0. The average molecular weight is 491 g/mol. The fourth-order valence-corrected chi connectivity index (χ4v) is 6.85. The van der Waals surface area contributed by atoms with E-state index in [1.807, 2.05) is 0 Å². The van der Waals surface area contributed by atoms with E-state index in [-0.39, 0.29) is 5.91 Å². The van der Waals surface area contributed by atoms with Gasteiger partial charge in [-0.3, -0.25) is 4.79 Å². The van der Waals surface area contributed by atoms with Crippen molar-refractivity contribution in [3.8, 4) is 0 Å². The number of benzene rings is 2. The molecule has 1 N–H and O–H groups in total. The molecule has 3 aromatic rings. The van der Waals surface area contributed by atoms with Gasteiger partial charge >= 0.3 is 0 Å². The molecule has 1 heterocycles. The van der Waals surface area contributed by atoms with E-state index in [1.54, 1.807) is 11.8 Å². The van der Waals surface area contributed by atoms with Crippen LogP contribution in [0.15, 0.2) is 47.6 Å². The number of nitrogens with zero attached hydrogens (tertiary/aromatic N) is 3. The number of thioether (sulfide) groups is 1. The molecule has 0 bridgehead atoms. The number of hydrogen-bond donors (Lipinski definition) is 1. The minimum Gasteiger partial charge on any atom is -0.352 e. The minimum absolute atomic E-state index is 0.120. The van der Waals surface area contributed by atoms with Gasteiger partial charge in [0.2, 0.25) is 5.91 Å². The normalized spacial score (nSPS) is 23.4. The van der Waals surface area contributed by atoms with E-state index >= 15 is 0 Å². The molecule has 35 heavy (non-hydrogen) atoms. The molecule has 1 amide bonds. The van der Waals surface area contributed by atoms with Gasteiger partial charge in [0.1, 0.15) is 5.82 Å². The molecule has 2 aromatic carbocycles. The Morgan fingerprint density at radius 2 is 1.77 bits per heavy atom. The van der Waals surface area contributed by atoms with Gasteiger partial charge in [0, 0.05) is 18.5 Å². The number of aromatic nitrogens is 3. The number of nitrogens with one attached hydrogen (secondary N) is 1. The van der Waals surface area contributed by atoms with Crippen LogP contribution in [0.5, 0.6) is 0 Å². The second kappa shape index (κ2) is 11.2. The van der Waals surface area contributed by atoms with Crippen molar-refractivity contribution < 1.29 is 4.79 Å². The van der Waals surface area contributed by atoms with Gasteiger partial charge in [-0.1, -0.05) is 100 Å². The molecule has 0 spiro atoms. The molecule has 2 aliphatic carbocycles. The highest BCUT2D eigenvalue weighted by atomic mass is 32.2. The second-order valence-electron chi connectivity index (χ2n) is 10.6. The van der Waals surface area contributed by atoms with Crippen LogP contribution >= 0.6 is 11.8 Å². The number of rotatable bonds is 7. The lowest BCUT2D eigenvalue weighted by molar-refractivity contribution is -0.120. The summed E-state index contributed by atoms with van der Waals surface area (Å²) in [5.74, 6) is 2.75. The van der Waals surface area contributed by atoms with Crippen molar-refractivity contribution in [2.24, 2.45) is 11.8 Å². The van der Waals surface area contributed by atoms with Crippen LogP contribution in [0, 0.1) is 11.8 Å². The van der Waals surface area contributed by atoms with Crippen LogP contribution in [0.4, 0.5) is 0 Å². The molecule has 5 nitrogen and oxygen atoms in total. The van der Waals surface area contributed by atoms with Gasteiger partial charge in [0.05, 0.1) is 5.75 Å². The first-order valence-corrected chi connectivity index (χ1v) is 14.4. The van der Waals surface area contributed by atoms with Crippen LogP contribution in [-0.4, -0.2) is 32.5 Å². The molecule has 0 radical (unpaired) electrons. The highest BCUT2D eigenvalue weighted by molar-refractivity contribution is 7.99. The van der Waals surface area contributed by atoms with Gasteiger partial charge in [-0.2, -0.15) is 0 Å². The van der Waals surface area contributed by atoms with Crippen molar-refractivity contribution in [2.75, 3.05) is 5.75 Å². The van der Waals surface area contributed by atoms with E-state index in [1.165, 1.54) is 48.4 Å². The summed E-state index contributed by atoms with van der Waals surface area (Å²) < 4.78 is 2.37. The van der Waals surface area contributed by atoms with E-state index < -0.39 is 0 Å². The molecule has 2 fully saturated rings. The lowest BCUT2D eigenvalue weighted by Crippen LogP contribution is -2.44. The Hall–Kier alpha value is -2.34. The number of amides is 1. The lowest BCUT2D eigenvalue weighted by atomic mass is 9.78. The van der Waals surface area contributed by atoms with Gasteiger partial charge in [-0.25, -0.2) is 0 Å². The fraction of sp³-hybridized carbons (Fsp3) is 0.552. The topological polar surface area (TPSA) is 59.8 Å². The van der Waals surface area contributed by atoms with Gasteiger partial charge in [-0.15, -0.1) is 10.2 Å². The SMILES string of the molecule is CC1CCCC(NC(=O)CSc2nnc(Cc3cccc4ccccc34)n2C2CCCCC2)C1C. The minimum atomic E-state index is 0.120. The van der Waals surface area contributed by atoms with E-state index in [4.69, 9.17) is 0 Å². The van der Waals surface area contributed by atoms with Gasteiger partial charge in [0.15, 0.2) is 5.16 Å².